The van der Waals surface area contributed by atoms with Gasteiger partial charge in [0.05, 0.1) is 20.7 Å². The number of nitrogens with two attached hydrogens (primary N) is 1. The molecule has 2 rings (SSSR count). The topological polar surface area (TPSA) is 60.2 Å². The lowest BCUT2D eigenvalue weighted by molar-refractivity contribution is 0.594. The minimum atomic E-state index is -3.62. The third kappa shape index (κ3) is 3.74. The predicted octanol–water partition coefficient (Wildman–Crippen LogP) is 3.57. The van der Waals surface area contributed by atoms with E-state index >= 15 is 0 Å². The summed E-state index contributed by atoms with van der Waals surface area (Å²) < 4.78 is 37.9. The zero-order valence-electron chi connectivity index (χ0n) is 10.8. The molecule has 0 heterocycles. The van der Waals surface area contributed by atoms with Gasteiger partial charge in [0, 0.05) is 6.54 Å². The van der Waals surface area contributed by atoms with E-state index in [4.69, 9.17) is 28.9 Å². The summed E-state index contributed by atoms with van der Waals surface area (Å²) in [4.78, 5) is 0.0594. The van der Waals surface area contributed by atoms with Gasteiger partial charge < -0.3 is 5.73 Å². The maximum absolute atomic E-state index is 13.2. The second kappa shape index (κ2) is 6.32. The molecule has 7 heteroatoms. The summed E-state index contributed by atoms with van der Waals surface area (Å²) in [6.45, 7) is 0.0595. The summed E-state index contributed by atoms with van der Waals surface area (Å²) in [6, 6.07) is 7.97. The molecule has 0 amide bonds. The van der Waals surface area contributed by atoms with Crippen molar-refractivity contribution in [1.82, 2.24) is 0 Å². The second-order valence-corrected chi connectivity index (χ2v) is 7.26. The first kappa shape index (κ1) is 16.2. The molecule has 0 aliphatic carbocycles. The maximum Gasteiger partial charge on any atom is 0.182 e. The van der Waals surface area contributed by atoms with E-state index in [2.05, 4.69) is 0 Å². The Morgan fingerprint density at radius 2 is 1.71 bits per heavy atom. The van der Waals surface area contributed by atoms with Gasteiger partial charge in [-0.3, -0.25) is 0 Å². The molecule has 0 saturated heterocycles. The molecule has 112 valence electrons. The van der Waals surface area contributed by atoms with Crippen LogP contribution in [0, 0.1) is 5.82 Å². The standard InChI is InChI=1S/C14H12Cl2FNO2S/c15-13-4-3-12(6-14(13)16)21(19,20)8-9-1-2-11(17)5-10(9)7-18/h1-6H,7-8,18H2. The van der Waals surface area contributed by atoms with Gasteiger partial charge in [0.1, 0.15) is 5.82 Å². The Balaban J connectivity index is 2.39. The lowest BCUT2D eigenvalue weighted by atomic mass is 10.1. The van der Waals surface area contributed by atoms with Gasteiger partial charge in [0.2, 0.25) is 0 Å². The van der Waals surface area contributed by atoms with E-state index in [0.717, 1.165) is 0 Å². The smallest absolute Gasteiger partial charge is 0.182 e. The predicted molar refractivity (Wildman–Crippen MR) is 81.6 cm³/mol. The highest BCUT2D eigenvalue weighted by Crippen LogP contribution is 2.27. The van der Waals surface area contributed by atoms with Crippen LogP contribution in [0.2, 0.25) is 10.0 Å². The molecule has 0 aromatic heterocycles. The minimum absolute atomic E-state index is 0.0594. The highest BCUT2D eigenvalue weighted by Gasteiger charge is 2.18. The average molecular weight is 348 g/mol. The minimum Gasteiger partial charge on any atom is -0.326 e. The van der Waals surface area contributed by atoms with Crippen LogP contribution in [0.15, 0.2) is 41.3 Å². The molecule has 0 aliphatic rings. The van der Waals surface area contributed by atoms with E-state index in [-0.39, 0.29) is 27.2 Å². The summed E-state index contributed by atoms with van der Waals surface area (Å²) in [5.41, 5.74) is 6.44. The first-order valence-corrected chi connectivity index (χ1v) is 8.39. The van der Waals surface area contributed by atoms with E-state index in [1.54, 1.807) is 0 Å². The first-order chi connectivity index (χ1) is 9.83. The van der Waals surface area contributed by atoms with Crippen LogP contribution >= 0.6 is 23.2 Å². The molecule has 0 aliphatic heterocycles. The van der Waals surface area contributed by atoms with Crippen LogP contribution in [0.25, 0.3) is 0 Å². The first-order valence-electron chi connectivity index (χ1n) is 5.98. The molecule has 21 heavy (non-hydrogen) atoms. The highest BCUT2D eigenvalue weighted by molar-refractivity contribution is 7.90. The van der Waals surface area contributed by atoms with Gasteiger partial charge in [-0.2, -0.15) is 0 Å². The maximum atomic E-state index is 13.2. The van der Waals surface area contributed by atoms with Crippen LogP contribution in [0.3, 0.4) is 0 Å². The van der Waals surface area contributed by atoms with Crippen LogP contribution in [0.1, 0.15) is 11.1 Å². The molecular formula is C14H12Cl2FNO2S. The normalized spacial score (nSPS) is 11.6. The Morgan fingerprint density at radius 3 is 2.33 bits per heavy atom. The molecule has 0 spiro atoms. The number of rotatable bonds is 4. The van der Waals surface area contributed by atoms with Gasteiger partial charge in [-0.1, -0.05) is 29.3 Å². The van der Waals surface area contributed by atoms with Crippen molar-refractivity contribution in [3.63, 3.8) is 0 Å². The zero-order valence-corrected chi connectivity index (χ0v) is 13.1. The third-order valence-corrected chi connectivity index (χ3v) is 5.39. The molecule has 3 nitrogen and oxygen atoms in total. The van der Waals surface area contributed by atoms with E-state index in [0.29, 0.717) is 11.1 Å². The Morgan fingerprint density at radius 1 is 1.00 bits per heavy atom. The molecule has 0 bridgehead atoms. The Labute approximate surface area is 132 Å². The van der Waals surface area contributed by atoms with Gasteiger partial charge in [-0.25, -0.2) is 12.8 Å². The van der Waals surface area contributed by atoms with Crippen molar-refractivity contribution >= 4 is 33.0 Å². The average Bonchev–Trinajstić information content (AvgIpc) is 2.43. The summed E-state index contributed by atoms with van der Waals surface area (Å²) in [6.07, 6.45) is 0. The lowest BCUT2D eigenvalue weighted by Gasteiger charge is -2.10. The van der Waals surface area contributed by atoms with Crippen molar-refractivity contribution in [2.45, 2.75) is 17.2 Å². The van der Waals surface area contributed by atoms with Crippen LogP contribution in [0.4, 0.5) is 4.39 Å². The van der Waals surface area contributed by atoms with Gasteiger partial charge in [0.15, 0.2) is 9.84 Å². The molecule has 2 N–H and O–H groups in total. The summed E-state index contributed by atoms with van der Waals surface area (Å²) in [5.74, 6) is -0.733. The Bertz CT molecular complexity index is 779. The molecule has 0 saturated carbocycles. The van der Waals surface area contributed by atoms with Crippen molar-refractivity contribution in [2.24, 2.45) is 5.73 Å². The second-order valence-electron chi connectivity index (χ2n) is 4.45. The van der Waals surface area contributed by atoms with E-state index in [1.165, 1.54) is 36.4 Å². The van der Waals surface area contributed by atoms with Crippen molar-refractivity contribution in [2.75, 3.05) is 0 Å². The van der Waals surface area contributed by atoms with Crippen molar-refractivity contribution in [3.8, 4) is 0 Å². The van der Waals surface area contributed by atoms with Crippen molar-refractivity contribution in [3.05, 3.63) is 63.4 Å². The van der Waals surface area contributed by atoms with Gasteiger partial charge in [-0.05, 0) is 41.5 Å². The van der Waals surface area contributed by atoms with Crippen LogP contribution < -0.4 is 5.73 Å². The fraction of sp³-hybridized carbons (Fsp3) is 0.143. The number of benzene rings is 2. The van der Waals surface area contributed by atoms with Crippen LogP contribution in [-0.2, 0) is 22.1 Å². The zero-order chi connectivity index (χ0) is 15.6. The summed E-state index contributed by atoms with van der Waals surface area (Å²) in [5, 5.41) is 0.441. The fourth-order valence-corrected chi connectivity index (χ4v) is 3.68. The number of sulfone groups is 1. The monoisotopic (exact) mass is 347 g/mol. The van der Waals surface area contributed by atoms with E-state index < -0.39 is 15.7 Å². The Kier molecular flexibility index (Phi) is 4.88. The SMILES string of the molecule is NCc1cc(F)ccc1CS(=O)(=O)c1ccc(Cl)c(Cl)c1. The molecule has 2 aromatic carbocycles. The van der Waals surface area contributed by atoms with Crippen molar-refractivity contribution in [1.29, 1.82) is 0 Å². The summed E-state index contributed by atoms with van der Waals surface area (Å²) in [7, 11) is -3.62. The summed E-state index contributed by atoms with van der Waals surface area (Å²) >= 11 is 11.6. The van der Waals surface area contributed by atoms with Crippen LogP contribution in [-0.4, -0.2) is 8.42 Å². The number of hydrogen-bond acceptors (Lipinski definition) is 3. The third-order valence-electron chi connectivity index (χ3n) is 2.98. The molecule has 0 atom stereocenters. The van der Waals surface area contributed by atoms with E-state index in [9.17, 15) is 12.8 Å². The Hall–Kier alpha value is -1.14. The van der Waals surface area contributed by atoms with Gasteiger partial charge in [-0.15, -0.1) is 0 Å². The molecule has 2 aromatic rings. The quantitative estimate of drug-likeness (QED) is 0.919. The molecule has 0 fully saturated rings. The van der Waals surface area contributed by atoms with Crippen LogP contribution in [0.5, 0.6) is 0 Å². The largest absolute Gasteiger partial charge is 0.326 e. The molecule has 0 unspecified atom stereocenters. The van der Waals surface area contributed by atoms with Crippen molar-refractivity contribution < 1.29 is 12.8 Å². The molecule has 0 radical (unpaired) electrons. The highest BCUT2D eigenvalue weighted by atomic mass is 35.5. The van der Waals surface area contributed by atoms with E-state index in [1.807, 2.05) is 0 Å². The van der Waals surface area contributed by atoms with Gasteiger partial charge >= 0.3 is 0 Å². The van der Waals surface area contributed by atoms with Gasteiger partial charge in [0.25, 0.3) is 0 Å². The number of halogens is 3. The number of hydrogen-bond donors (Lipinski definition) is 1. The lowest BCUT2D eigenvalue weighted by Crippen LogP contribution is -2.09. The molecular weight excluding hydrogens is 336 g/mol. The fourth-order valence-electron chi connectivity index (χ4n) is 1.88.